The maximum atomic E-state index is 11.7. The molecule has 3 N–H and O–H groups in total. The highest BCUT2D eigenvalue weighted by Gasteiger charge is 2.25. The van der Waals surface area contributed by atoms with E-state index in [0.717, 1.165) is 32.2 Å². The molecule has 1 atom stereocenters. The number of carbonyl (C=O) groups is 2. The van der Waals surface area contributed by atoms with Crippen LogP contribution in [-0.2, 0) is 9.59 Å². The number of hydrogen-bond acceptors (Lipinski definition) is 4. The smallest absolute Gasteiger partial charge is 0.234 e. The molecule has 0 aromatic heterocycles. The van der Waals surface area contributed by atoms with Crippen LogP contribution in [0.15, 0.2) is 0 Å². The van der Waals surface area contributed by atoms with E-state index in [1.807, 2.05) is 0 Å². The minimum Gasteiger partial charge on any atom is -0.396 e. The van der Waals surface area contributed by atoms with Crippen molar-refractivity contribution < 1.29 is 14.7 Å². The highest BCUT2D eigenvalue weighted by molar-refractivity contribution is 5.78. The van der Waals surface area contributed by atoms with E-state index < -0.39 is 0 Å². The molecule has 6 heteroatoms. The van der Waals surface area contributed by atoms with Gasteiger partial charge in [0, 0.05) is 32.7 Å². The minimum absolute atomic E-state index is 0.00116. The summed E-state index contributed by atoms with van der Waals surface area (Å²) >= 11 is 0. The van der Waals surface area contributed by atoms with Crippen molar-refractivity contribution in [2.45, 2.75) is 38.6 Å². The summed E-state index contributed by atoms with van der Waals surface area (Å²) in [7, 11) is 0. The van der Waals surface area contributed by atoms with Crippen LogP contribution in [0, 0.1) is 0 Å². The topological polar surface area (TPSA) is 81.7 Å². The lowest BCUT2D eigenvalue weighted by Crippen LogP contribution is -2.42. The fraction of sp³-hybridized carbons (Fsp3) is 0.846. The molecule has 0 aromatic carbocycles. The fourth-order valence-electron chi connectivity index (χ4n) is 2.44. The Kier molecular flexibility index (Phi) is 7.43. The lowest BCUT2D eigenvalue weighted by Gasteiger charge is -2.23. The van der Waals surface area contributed by atoms with Crippen LogP contribution in [-0.4, -0.2) is 60.6 Å². The molecule has 19 heavy (non-hydrogen) atoms. The second kappa shape index (κ2) is 8.87. The first-order valence-electron chi connectivity index (χ1n) is 6.99. The van der Waals surface area contributed by atoms with Gasteiger partial charge in [-0.1, -0.05) is 0 Å². The van der Waals surface area contributed by atoms with Crippen LogP contribution in [0.4, 0.5) is 0 Å². The Hall–Kier alpha value is -1.14. The van der Waals surface area contributed by atoms with Crippen molar-refractivity contribution in [2.24, 2.45) is 0 Å². The van der Waals surface area contributed by atoms with Crippen LogP contribution in [0.25, 0.3) is 0 Å². The number of aliphatic hydroxyl groups excluding tert-OH is 1. The van der Waals surface area contributed by atoms with Crippen molar-refractivity contribution >= 4 is 11.8 Å². The zero-order valence-corrected chi connectivity index (χ0v) is 11.7. The molecule has 1 saturated heterocycles. The summed E-state index contributed by atoms with van der Waals surface area (Å²) in [6.45, 7) is 3.97. The van der Waals surface area contributed by atoms with Gasteiger partial charge in [0.15, 0.2) is 0 Å². The zero-order valence-electron chi connectivity index (χ0n) is 11.7. The van der Waals surface area contributed by atoms with Gasteiger partial charge in [0.25, 0.3) is 0 Å². The fourth-order valence-corrected chi connectivity index (χ4v) is 2.44. The number of carbonyl (C=O) groups excluding carboxylic acids is 2. The van der Waals surface area contributed by atoms with Gasteiger partial charge in [0.05, 0.1) is 6.54 Å². The number of nitrogens with one attached hydrogen (secondary N) is 2. The van der Waals surface area contributed by atoms with Crippen molar-refractivity contribution in [1.29, 1.82) is 0 Å². The summed E-state index contributed by atoms with van der Waals surface area (Å²) in [5.41, 5.74) is 0. The monoisotopic (exact) mass is 271 g/mol. The quantitative estimate of drug-likeness (QED) is 0.519. The first-order chi connectivity index (χ1) is 9.13. The molecule has 0 saturated carbocycles. The Labute approximate surface area is 114 Å². The summed E-state index contributed by atoms with van der Waals surface area (Å²) in [5, 5.41) is 14.3. The Bertz CT molecular complexity index is 297. The third kappa shape index (κ3) is 6.54. The van der Waals surface area contributed by atoms with Gasteiger partial charge < -0.3 is 15.7 Å². The van der Waals surface area contributed by atoms with Crippen molar-refractivity contribution in [2.75, 3.05) is 32.8 Å². The number of likely N-dealkylation sites (tertiary alicyclic amines) is 1. The van der Waals surface area contributed by atoms with Crippen LogP contribution in [0.1, 0.15) is 32.6 Å². The molecule has 1 unspecified atom stereocenters. The molecule has 0 aliphatic carbocycles. The van der Waals surface area contributed by atoms with Gasteiger partial charge in [-0.2, -0.15) is 0 Å². The molecule has 1 aliphatic heterocycles. The maximum Gasteiger partial charge on any atom is 0.234 e. The summed E-state index contributed by atoms with van der Waals surface area (Å²) in [4.78, 5) is 24.6. The number of rotatable bonds is 8. The Morgan fingerprint density at radius 1 is 1.32 bits per heavy atom. The first-order valence-corrected chi connectivity index (χ1v) is 6.99. The molecule has 1 fully saturated rings. The number of nitrogens with zero attached hydrogens (tertiary/aromatic N) is 1. The molecule has 1 rings (SSSR count). The standard InChI is InChI=1S/C13H25N3O3/c1-11(18)14-6-7-15-13(19)10-16-8-2-4-12(16)5-3-9-17/h12,17H,2-10H2,1H3,(H,14,18)(H,15,19). The zero-order chi connectivity index (χ0) is 14.1. The van der Waals surface area contributed by atoms with E-state index in [9.17, 15) is 9.59 Å². The predicted octanol–water partition coefficient (Wildman–Crippen LogP) is -0.524. The third-order valence-corrected chi connectivity index (χ3v) is 3.36. The molecule has 1 aliphatic rings. The predicted molar refractivity (Wildman–Crippen MR) is 72.6 cm³/mol. The lowest BCUT2D eigenvalue weighted by molar-refractivity contribution is -0.123. The highest BCUT2D eigenvalue weighted by atomic mass is 16.3. The highest BCUT2D eigenvalue weighted by Crippen LogP contribution is 2.20. The molecule has 110 valence electrons. The number of amides is 2. The van der Waals surface area contributed by atoms with E-state index in [1.165, 1.54) is 6.92 Å². The summed E-state index contributed by atoms with van der Waals surface area (Å²) in [6, 6.07) is 0.424. The second-order valence-electron chi connectivity index (χ2n) is 4.97. The first kappa shape index (κ1) is 15.9. The Morgan fingerprint density at radius 3 is 2.74 bits per heavy atom. The minimum atomic E-state index is -0.0853. The van der Waals surface area contributed by atoms with Crippen molar-refractivity contribution in [3.63, 3.8) is 0 Å². The molecule has 0 aromatic rings. The summed E-state index contributed by atoms with van der Waals surface area (Å²) in [5.74, 6) is -0.0842. The van der Waals surface area contributed by atoms with Gasteiger partial charge in [-0.05, 0) is 32.2 Å². The van der Waals surface area contributed by atoms with Gasteiger partial charge in [-0.15, -0.1) is 0 Å². The van der Waals surface area contributed by atoms with Crippen LogP contribution in [0.2, 0.25) is 0 Å². The van der Waals surface area contributed by atoms with Gasteiger partial charge in [0.2, 0.25) is 11.8 Å². The summed E-state index contributed by atoms with van der Waals surface area (Å²) < 4.78 is 0. The molecule has 1 heterocycles. The van der Waals surface area contributed by atoms with Crippen molar-refractivity contribution in [1.82, 2.24) is 15.5 Å². The number of hydrogen-bond donors (Lipinski definition) is 3. The molecular formula is C13H25N3O3. The van der Waals surface area contributed by atoms with Crippen molar-refractivity contribution in [3.05, 3.63) is 0 Å². The van der Waals surface area contributed by atoms with Crippen LogP contribution in [0.5, 0.6) is 0 Å². The average Bonchev–Trinajstić information content (AvgIpc) is 2.79. The van der Waals surface area contributed by atoms with E-state index in [4.69, 9.17) is 5.11 Å². The van der Waals surface area contributed by atoms with E-state index in [1.54, 1.807) is 0 Å². The molecule has 0 radical (unpaired) electrons. The van der Waals surface area contributed by atoms with E-state index in [2.05, 4.69) is 15.5 Å². The second-order valence-corrected chi connectivity index (χ2v) is 4.97. The van der Waals surface area contributed by atoms with E-state index >= 15 is 0 Å². The van der Waals surface area contributed by atoms with E-state index in [0.29, 0.717) is 25.7 Å². The third-order valence-electron chi connectivity index (χ3n) is 3.36. The van der Waals surface area contributed by atoms with E-state index in [-0.39, 0.29) is 18.4 Å². The normalized spacial score (nSPS) is 19.4. The Balaban J connectivity index is 2.17. The molecule has 6 nitrogen and oxygen atoms in total. The van der Waals surface area contributed by atoms with Crippen molar-refractivity contribution in [3.8, 4) is 0 Å². The van der Waals surface area contributed by atoms with Gasteiger partial charge in [0.1, 0.15) is 0 Å². The molecule has 2 amide bonds. The lowest BCUT2D eigenvalue weighted by atomic mass is 10.1. The average molecular weight is 271 g/mol. The molecule has 0 bridgehead atoms. The van der Waals surface area contributed by atoms with Gasteiger partial charge in [-0.25, -0.2) is 0 Å². The number of aliphatic hydroxyl groups is 1. The SMILES string of the molecule is CC(=O)NCCNC(=O)CN1CCCC1CCCO. The molecule has 0 spiro atoms. The Morgan fingerprint density at radius 2 is 2.05 bits per heavy atom. The van der Waals surface area contributed by atoms with Gasteiger partial charge >= 0.3 is 0 Å². The maximum absolute atomic E-state index is 11.7. The van der Waals surface area contributed by atoms with Crippen LogP contribution >= 0.6 is 0 Å². The largest absolute Gasteiger partial charge is 0.396 e. The van der Waals surface area contributed by atoms with Gasteiger partial charge in [-0.3, -0.25) is 14.5 Å². The van der Waals surface area contributed by atoms with Crippen LogP contribution < -0.4 is 10.6 Å². The summed E-state index contributed by atoms with van der Waals surface area (Å²) in [6.07, 6.45) is 3.98. The molecular weight excluding hydrogens is 246 g/mol. The van der Waals surface area contributed by atoms with Crippen LogP contribution in [0.3, 0.4) is 0 Å².